The maximum Gasteiger partial charge on any atom is 0.168 e. The van der Waals surface area contributed by atoms with Gasteiger partial charge >= 0.3 is 0 Å². The van der Waals surface area contributed by atoms with Crippen molar-refractivity contribution < 1.29 is 4.74 Å². The molecule has 1 atom stereocenters. The highest BCUT2D eigenvalue weighted by Crippen LogP contribution is 2.29. The Morgan fingerprint density at radius 1 is 1.00 bits per heavy atom. The highest BCUT2D eigenvalue weighted by atomic mass is 16.5. The summed E-state index contributed by atoms with van der Waals surface area (Å²) in [6, 6.07) is 14.9. The fourth-order valence-electron chi connectivity index (χ4n) is 4.57. The summed E-state index contributed by atoms with van der Waals surface area (Å²) in [4.78, 5) is 5.07. The maximum absolute atomic E-state index is 5.27. The first-order valence-corrected chi connectivity index (χ1v) is 11.5. The third-order valence-corrected chi connectivity index (χ3v) is 6.58. The second kappa shape index (κ2) is 10.1. The van der Waals surface area contributed by atoms with Crippen LogP contribution < -0.4 is 9.64 Å². The van der Waals surface area contributed by atoms with Crippen molar-refractivity contribution in [2.75, 3.05) is 38.2 Å². The standard InChI is InChI=1S/C25H34N6O/c1-5-7-24(25-26-27-28-31(25)18-21-10-12-22(32-4)13-11-21)30-16-14-29(15-17-30)23-9-6-8-19(2)20(23)3/h6,8-13,24H,5,7,14-18H2,1-4H3/t24-/m0/s1. The van der Waals surface area contributed by atoms with Gasteiger partial charge in [0.25, 0.3) is 0 Å². The van der Waals surface area contributed by atoms with Crippen molar-refractivity contribution in [1.82, 2.24) is 25.1 Å². The van der Waals surface area contributed by atoms with E-state index in [0.29, 0.717) is 6.54 Å². The van der Waals surface area contributed by atoms with Crippen molar-refractivity contribution in [1.29, 1.82) is 0 Å². The fraction of sp³-hybridized carbons (Fsp3) is 0.480. The molecule has 0 radical (unpaired) electrons. The van der Waals surface area contributed by atoms with Crippen LogP contribution in [-0.2, 0) is 6.54 Å². The van der Waals surface area contributed by atoms with Crippen LogP contribution >= 0.6 is 0 Å². The number of rotatable bonds is 8. The van der Waals surface area contributed by atoms with Crippen molar-refractivity contribution in [3.8, 4) is 5.75 Å². The molecule has 0 amide bonds. The smallest absolute Gasteiger partial charge is 0.168 e. The van der Waals surface area contributed by atoms with Gasteiger partial charge in [0, 0.05) is 31.9 Å². The number of ether oxygens (including phenoxy) is 1. The van der Waals surface area contributed by atoms with Crippen LogP contribution in [0.25, 0.3) is 0 Å². The first-order valence-electron chi connectivity index (χ1n) is 11.5. The summed E-state index contributed by atoms with van der Waals surface area (Å²) in [7, 11) is 1.68. The molecule has 1 fully saturated rings. The number of methoxy groups -OCH3 is 1. The van der Waals surface area contributed by atoms with Gasteiger partial charge in [0.1, 0.15) is 5.75 Å². The molecule has 2 aromatic carbocycles. The number of nitrogens with zero attached hydrogens (tertiary/aromatic N) is 6. The van der Waals surface area contributed by atoms with Crippen molar-refractivity contribution in [2.24, 2.45) is 0 Å². The first-order chi connectivity index (χ1) is 15.6. The zero-order valence-electron chi connectivity index (χ0n) is 19.7. The number of anilines is 1. The lowest BCUT2D eigenvalue weighted by Gasteiger charge is -2.40. The summed E-state index contributed by atoms with van der Waals surface area (Å²) in [5.41, 5.74) is 5.26. The second-order valence-electron chi connectivity index (χ2n) is 8.59. The van der Waals surface area contributed by atoms with Crippen LogP contribution in [0.1, 0.15) is 48.3 Å². The number of benzene rings is 2. The Hall–Kier alpha value is -2.93. The lowest BCUT2D eigenvalue weighted by Crippen LogP contribution is -2.48. The zero-order valence-corrected chi connectivity index (χ0v) is 19.7. The Morgan fingerprint density at radius 3 is 2.44 bits per heavy atom. The number of hydrogen-bond acceptors (Lipinski definition) is 6. The molecule has 7 nitrogen and oxygen atoms in total. The highest BCUT2D eigenvalue weighted by molar-refractivity contribution is 5.56. The van der Waals surface area contributed by atoms with Gasteiger partial charge < -0.3 is 9.64 Å². The van der Waals surface area contributed by atoms with Gasteiger partial charge in [-0.15, -0.1) is 5.10 Å². The minimum absolute atomic E-state index is 0.231. The molecule has 1 aliphatic rings. The monoisotopic (exact) mass is 434 g/mol. The summed E-state index contributed by atoms with van der Waals surface area (Å²) in [5.74, 6) is 1.82. The lowest BCUT2D eigenvalue weighted by atomic mass is 10.1. The van der Waals surface area contributed by atoms with Crippen molar-refractivity contribution in [3.63, 3.8) is 0 Å². The maximum atomic E-state index is 5.27. The molecule has 0 aliphatic carbocycles. The summed E-state index contributed by atoms with van der Waals surface area (Å²) < 4.78 is 7.23. The summed E-state index contributed by atoms with van der Waals surface area (Å²) in [6.45, 7) is 11.4. The predicted molar refractivity (Wildman–Crippen MR) is 127 cm³/mol. The molecule has 0 spiro atoms. The van der Waals surface area contributed by atoms with E-state index in [1.54, 1.807) is 7.11 Å². The van der Waals surface area contributed by atoms with Crippen molar-refractivity contribution >= 4 is 5.69 Å². The first kappa shape index (κ1) is 22.3. The van der Waals surface area contributed by atoms with E-state index in [1.165, 1.54) is 16.8 Å². The Bertz CT molecular complexity index is 1010. The third-order valence-electron chi connectivity index (χ3n) is 6.58. The molecule has 1 saturated heterocycles. The van der Waals surface area contributed by atoms with E-state index in [1.807, 2.05) is 16.8 Å². The molecule has 2 heterocycles. The molecule has 3 aromatic rings. The average Bonchev–Trinajstić information content (AvgIpc) is 3.28. The summed E-state index contributed by atoms with van der Waals surface area (Å²) in [6.07, 6.45) is 2.14. The van der Waals surface area contributed by atoms with Crippen LogP contribution in [0.15, 0.2) is 42.5 Å². The zero-order chi connectivity index (χ0) is 22.5. The molecule has 7 heteroatoms. The van der Waals surface area contributed by atoms with Crippen LogP contribution in [0.5, 0.6) is 5.75 Å². The molecular formula is C25H34N6O. The molecule has 4 rings (SSSR count). The Balaban J connectivity index is 1.48. The van der Waals surface area contributed by atoms with E-state index in [0.717, 1.165) is 56.2 Å². The van der Waals surface area contributed by atoms with E-state index in [9.17, 15) is 0 Å². The summed E-state index contributed by atoms with van der Waals surface area (Å²) in [5, 5.41) is 12.8. The van der Waals surface area contributed by atoms with E-state index in [2.05, 4.69) is 76.4 Å². The van der Waals surface area contributed by atoms with Crippen LogP contribution in [0.2, 0.25) is 0 Å². The van der Waals surface area contributed by atoms with Gasteiger partial charge in [-0.2, -0.15) is 0 Å². The fourth-order valence-corrected chi connectivity index (χ4v) is 4.57. The van der Waals surface area contributed by atoms with Gasteiger partial charge in [0.15, 0.2) is 5.82 Å². The molecular weight excluding hydrogens is 400 g/mol. The number of hydrogen-bond donors (Lipinski definition) is 0. The van der Waals surface area contributed by atoms with Gasteiger partial charge in [0.2, 0.25) is 0 Å². The van der Waals surface area contributed by atoms with Crippen molar-refractivity contribution in [2.45, 2.75) is 46.2 Å². The molecule has 1 aliphatic heterocycles. The van der Waals surface area contributed by atoms with Crippen LogP contribution in [0.4, 0.5) is 5.69 Å². The molecule has 0 unspecified atom stereocenters. The van der Waals surface area contributed by atoms with Crippen molar-refractivity contribution in [3.05, 3.63) is 65.0 Å². The second-order valence-corrected chi connectivity index (χ2v) is 8.59. The lowest BCUT2D eigenvalue weighted by molar-refractivity contribution is 0.164. The topological polar surface area (TPSA) is 59.3 Å². The van der Waals surface area contributed by atoms with Gasteiger partial charge in [0.05, 0.1) is 19.7 Å². The van der Waals surface area contributed by atoms with Gasteiger partial charge in [-0.25, -0.2) is 4.68 Å². The Morgan fingerprint density at radius 2 is 1.75 bits per heavy atom. The largest absolute Gasteiger partial charge is 0.497 e. The molecule has 0 N–H and O–H groups in total. The normalized spacial score (nSPS) is 15.7. The SMILES string of the molecule is CCC[C@@H](c1nnnn1Cc1ccc(OC)cc1)N1CCN(c2cccc(C)c2C)CC1. The van der Waals surface area contributed by atoms with Gasteiger partial charge in [-0.3, -0.25) is 4.90 Å². The van der Waals surface area contributed by atoms with Crippen LogP contribution in [0, 0.1) is 13.8 Å². The number of piperazine rings is 1. The molecule has 1 aromatic heterocycles. The predicted octanol–water partition coefficient (Wildman–Crippen LogP) is 4.01. The molecule has 0 saturated carbocycles. The van der Waals surface area contributed by atoms with Crippen LogP contribution in [-0.4, -0.2) is 58.4 Å². The van der Waals surface area contributed by atoms with E-state index in [-0.39, 0.29) is 6.04 Å². The Kier molecular flexibility index (Phi) is 7.05. The molecule has 170 valence electrons. The number of tetrazole rings is 1. The number of aryl methyl sites for hydroxylation is 1. The molecule has 0 bridgehead atoms. The van der Waals surface area contributed by atoms with E-state index in [4.69, 9.17) is 4.74 Å². The van der Waals surface area contributed by atoms with Gasteiger partial charge in [-0.05, 0) is 65.6 Å². The minimum atomic E-state index is 0.231. The average molecular weight is 435 g/mol. The Labute approximate surface area is 191 Å². The highest BCUT2D eigenvalue weighted by Gasteiger charge is 2.29. The van der Waals surface area contributed by atoms with E-state index >= 15 is 0 Å². The third kappa shape index (κ3) is 4.78. The molecule has 32 heavy (non-hydrogen) atoms. The van der Waals surface area contributed by atoms with Crippen LogP contribution in [0.3, 0.4) is 0 Å². The number of aromatic nitrogens is 4. The quantitative estimate of drug-likeness (QED) is 0.534. The minimum Gasteiger partial charge on any atom is -0.497 e. The van der Waals surface area contributed by atoms with E-state index < -0.39 is 0 Å². The summed E-state index contributed by atoms with van der Waals surface area (Å²) >= 11 is 0. The van der Waals surface area contributed by atoms with Gasteiger partial charge in [-0.1, -0.05) is 37.6 Å².